The van der Waals surface area contributed by atoms with Crippen LogP contribution >= 0.6 is 0 Å². The van der Waals surface area contributed by atoms with Crippen molar-refractivity contribution in [2.75, 3.05) is 26.8 Å². The third-order valence-corrected chi connectivity index (χ3v) is 3.44. The number of rotatable bonds is 4. The lowest BCUT2D eigenvalue weighted by Gasteiger charge is -2.38. The van der Waals surface area contributed by atoms with E-state index in [1.54, 1.807) is 0 Å². The van der Waals surface area contributed by atoms with E-state index < -0.39 is 0 Å². The topological polar surface area (TPSA) is 24.5 Å². The first kappa shape index (κ1) is 10.4. The summed E-state index contributed by atoms with van der Waals surface area (Å²) in [5, 5.41) is 3.58. The van der Waals surface area contributed by atoms with Gasteiger partial charge in [-0.3, -0.25) is 4.90 Å². The Kier molecular flexibility index (Phi) is 3.42. The van der Waals surface area contributed by atoms with E-state index in [1.165, 1.54) is 12.8 Å². The maximum absolute atomic E-state index is 5.58. The molecule has 2 unspecified atom stereocenters. The van der Waals surface area contributed by atoms with Crippen LogP contribution in [0.1, 0.15) is 26.2 Å². The molecule has 2 rings (SSSR count). The summed E-state index contributed by atoms with van der Waals surface area (Å²) in [7, 11) is 2.25. The van der Waals surface area contributed by atoms with E-state index in [9.17, 15) is 0 Å². The standard InChI is InChI=1S/C11H22N2O/c1-3-12-10-6-7-14-8-11(10)13(2)9-4-5-9/h9-12H,3-8H2,1-2H3. The largest absolute Gasteiger partial charge is 0.380 e. The summed E-state index contributed by atoms with van der Waals surface area (Å²) in [5.41, 5.74) is 0. The molecule has 3 nitrogen and oxygen atoms in total. The van der Waals surface area contributed by atoms with Crippen molar-refractivity contribution in [1.82, 2.24) is 10.2 Å². The number of hydrogen-bond donors (Lipinski definition) is 1. The number of hydrogen-bond acceptors (Lipinski definition) is 3. The molecule has 0 aromatic rings. The molecular weight excluding hydrogens is 176 g/mol. The molecule has 82 valence electrons. The van der Waals surface area contributed by atoms with Crippen molar-refractivity contribution in [3.8, 4) is 0 Å². The molecule has 2 aliphatic rings. The second-order valence-electron chi connectivity index (χ2n) is 4.49. The van der Waals surface area contributed by atoms with Gasteiger partial charge in [-0.25, -0.2) is 0 Å². The van der Waals surface area contributed by atoms with Gasteiger partial charge in [0.1, 0.15) is 0 Å². The Morgan fingerprint density at radius 3 is 2.79 bits per heavy atom. The van der Waals surface area contributed by atoms with Gasteiger partial charge in [-0.15, -0.1) is 0 Å². The van der Waals surface area contributed by atoms with Crippen LogP contribution in [0.5, 0.6) is 0 Å². The highest BCUT2D eigenvalue weighted by atomic mass is 16.5. The molecule has 2 atom stereocenters. The van der Waals surface area contributed by atoms with Gasteiger partial charge in [0.25, 0.3) is 0 Å². The molecule has 1 aliphatic heterocycles. The van der Waals surface area contributed by atoms with E-state index in [4.69, 9.17) is 4.74 Å². The number of ether oxygens (including phenoxy) is 1. The van der Waals surface area contributed by atoms with Gasteiger partial charge in [0.05, 0.1) is 6.61 Å². The Bertz CT molecular complexity index is 180. The lowest BCUT2D eigenvalue weighted by molar-refractivity contribution is 0.00372. The van der Waals surface area contributed by atoms with Crippen molar-refractivity contribution in [2.24, 2.45) is 0 Å². The Morgan fingerprint density at radius 2 is 2.14 bits per heavy atom. The molecule has 0 aromatic carbocycles. The lowest BCUT2D eigenvalue weighted by Crippen LogP contribution is -2.54. The number of nitrogens with zero attached hydrogens (tertiary/aromatic N) is 1. The van der Waals surface area contributed by atoms with Crippen molar-refractivity contribution in [3.63, 3.8) is 0 Å². The quantitative estimate of drug-likeness (QED) is 0.725. The maximum atomic E-state index is 5.58. The summed E-state index contributed by atoms with van der Waals surface area (Å²) in [6.07, 6.45) is 3.92. The minimum Gasteiger partial charge on any atom is -0.380 e. The molecule has 0 bridgehead atoms. The molecule has 1 N–H and O–H groups in total. The van der Waals surface area contributed by atoms with E-state index >= 15 is 0 Å². The first-order chi connectivity index (χ1) is 6.83. The third kappa shape index (κ3) is 2.27. The lowest BCUT2D eigenvalue weighted by atomic mass is 10.0. The highest BCUT2D eigenvalue weighted by Gasteiger charge is 2.36. The molecule has 14 heavy (non-hydrogen) atoms. The van der Waals surface area contributed by atoms with Gasteiger partial charge in [0, 0.05) is 24.7 Å². The fraction of sp³-hybridized carbons (Fsp3) is 1.00. The highest BCUT2D eigenvalue weighted by molar-refractivity contribution is 4.93. The molecule has 0 radical (unpaired) electrons. The molecule has 0 amide bonds. The van der Waals surface area contributed by atoms with Crippen molar-refractivity contribution < 1.29 is 4.74 Å². The smallest absolute Gasteiger partial charge is 0.0637 e. The summed E-state index contributed by atoms with van der Waals surface area (Å²) in [4.78, 5) is 2.52. The monoisotopic (exact) mass is 198 g/mol. The van der Waals surface area contributed by atoms with Crippen molar-refractivity contribution in [3.05, 3.63) is 0 Å². The van der Waals surface area contributed by atoms with E-state index in [0.717, 1.165) is 32.2 Å². The van der Waals surface area contributed by atoms with Gasteiger partial charge in [-0.05, 0) is 32.9 Å². The van der Waals surface area contributed by atoms with Gasteiger partial charge >= 0.3 is 0 Å². The zero-order chi connectivity index (χ0) is 9.97. The summed E-state index contributed by atoms with van der Waals surface area (Å²) in [6.45, 7) is 5.08. The summed E-state index contributed by atoms with van der Waals surface area (Å²) < 4.78 is 5.58. The third-order valence-electron chi connectivity index (χ3n) is 3.44. The van der Waals surface area contributed by atoms with Gasteiger partial charge < -0.3 is 10.1 Å². The Balaban J connectivity index is 1.90. The van der Waals surface area contributed by atoms with Crippen LogP contribution in [-0.4, -0.2) is 49.8 Å². The van der Waals surface area contributed by atoms with E-state index in [2.05, 4.69) is 24.2 Å². The fourth-order valence-corrected chi connectivity index (χ4v) is 2.38. The van der Waals surface area contributed by atoms with E-state index in [1.807, 2.05) is 0 Å². The molecule has 1 aliphatic carbocycles. The minimum atomic E-state index is 0.594. The molecular formula is C11H22N2O. The van der Waals surface area contributed by atoms with Crippen LogP contribution in [0.3, 0.4) is 0 Å². The number of nitrogens with one attached hydrogen (secondary N) is 1. The van der Waals surface area contributed by atoms with Crippen molar-refractivity contribution in [1.29, 1.82) is 0 Å². The molecule has 1 heterocycles. The Morgan fingerprint density at radius 1 is 1.36 bits per heavy atom. The zero-order valence-electron chi connectivity index (χ0n) is 9.33. The first-order valence-corrected chi connectivity index (χ1v) is 5.86. The molecule has 1 saturated carbocycles. The first-order valence-electron chi connectivity index (χ1n) is 5.86. The van der Waals surface area contributed by atoms with Crippen LogP contribution in [0.2, 0.25) is 0 Å². The summed E-state index contributed by atoms with van der Waals surface area (Å²) in [6, 6.07) is 2.07. The predicted octanol–water partition coefficient (Wildman–Crippen LogP) is 0.848. The molecule has 0 spiro atoms. The van der Waals surface area contributed by atoms with E-state index in [-0.39, 0.29) is 0 Å². The van der Waals surface area contributed by atoms with Crippen LogP contribution in [0.25, 0.3) is 0 Å². The minimum absolute atomic E-state index is 0.594. The van der Waals surface area contributed by atoms with Gasteiger partial charge in [0.2, 0.25) is 0 Å². The van der Waals surface area contributed by atoms with E-state index in [0.29, 0.717) is 12.1 Å². The van der Waals surface area contributed by atoms with Gasteiger partial charge in [-0.2, -0.15) is 0 Å². The second kappa shape index (κ2) is 4.60. The predicted molar refractivity (Wildman–Crippen MR) is 57.5 cm³/mol. The average molecular weight is 198 g/mol. The number of likely N-dealkylation sites (N-methyl/N-ethyl adjacent to an activating group) is 2. The van der Waals surface area contributed by atoms with Crippen molar-refractivity contribution >= 4 is 0 Å². The average Bonchev–Trinajstić information content (AvgIpc) is 3.01. The zero-order valence-corrected chi connectivity index (χ0v) is 9.33. The molecule has 1 saturated heterocycles. The Labute approximate surface area is 86.8 Å². The molecule has 2 fully saturated rings. The Hall–Kier alpha value is -0.120. The van der Waals surface area contributed by atoms with Crippen LogP contribution in [-0.2, 0) is 4.74 Å². The normalized spacial score (nSPS) is 33.6. The van der Waals surface area contributed by atoms with Crippen LogP contribution in [0, 0.1) is 0 Å². The van der Waals surface area contributed by atoms with Gasteiger partial charge in [0.15, 0.2) is 0 Å². The van der Waals surface area contributed by atoms with Crippen LogP contribution < -0.4 is 5.32 Å². The summed E-state index contributed by atoms with van der Waals surface area (Å²) in [5.74, 6) is 0. The fourth-order valence-electron chi connectivity index (χ4n) is 2.38. The second-order valence-corrected chi connectivity index (χ2v) is 4.49. The SMILES string of the molecule is CCNC1CCOCC1N(C)C1CC1. The summed E-state index contributed by atoms with van der Waals surface area (Å²) >= 11 is 0. The molecule has 3 heteroatoms. The van der Waals surface area contributed by atoms with Crippen LogP contribution in [0.15, 0.2) is 0 Å². The maximum Gasteiger partial charge on any atom is 0.0637 e. The highest BCUT2D eigenvalue weighted by Crippen LogP contribution is 2.29. The van der Waals surface area contributed by atoms with Gasteiger partial charge in [-0.1, -0.05) is 6.92 Å². The van der Waals surface area contributed by atoms with Crippen molar-refractivity contribution in [2.45, 2.75) is 44.3 Å². The van der Waals surface area contributed by atoms with Crippen LogP contribution in [0.4, 0.5) is 0 Å². The molecule has 0 aromatic heterocycles.